The summed E-state index contributed by atoms with van der Waals surface area (Å²) in [6.07, 6.45) is 71.7. The van der Waals surface area contributed by atoms with Gasteiger partial charge in [0.25, 0.3) is 0 Å². The summed E-state index contributed by atoms with van der Waals surface area (Å²) in [6, 6.07) is 6.72. The number of esters is 2. The maximum atomic E-state index is 14.8. The molecule has 2 aromatic carbocycles. The van der Waals surface area contributed by atoms with Crippen molar-refractivity contribution in [2.24, 2.45) is 15.6 Å². The number of hydrogen-bond acceptors (Lipinski definition) is 12. The van der Waals surface area contributed by atoms with E-state index < -0.39 is 30.6 Å². The molecule has 0 heterocycles. The van der Waals surface area contributed by atoms with Crippen LogP contribution in [0, 0.1) is 5.41 Å². The number of carbonyl (C=O) groups is 2. The van der Waals surface area contributed by atoms with Crippen molar-refractivity contribution in [3.05, 3.63) is 56.3 Å². The van der Waals surface area contributed by atoms with Gasteiger partial charge in [-0.3, -0.25) is 0 Å². The molecule has 2 aromatic rings. The molecule has 0 bridgehead atoms. The standard InChI is InChI=1S/C91H162N6O10/c1-7-13-19-25-31-37-43-49-55-61-67-100-83-73-81(74-84(101-68-62-56-50-44-38-32-26-20-14-8-2)87(83)104-71-65-59-53-47-41-35-29-23-17-11-5)89(98)106-79-91(77-94-96-92,78-95-97-93)80-107-90(99)82-75-85(102-69-63-57-51-45-39-33-27-21-15-9-3)88(105-72-66-60-54-48-42-36-30-24-18-12-6)86(76-82)103-70-64-58-52-46-40-34-28-22-16-10-4/h73-76H,7-72,77-80H2,1-6H3. The average molecular weight is 1500 g/mol. The quantitative estimate of drug-likeness (QED) is 0.0201. The van der Waals surface area contributed by atoms with Crippen molar-refractivity contribution in [3.8, 4) is 34.5 Å². The fourth-order valence-corrected chi connectivity index (χ4v) is 14.0. The number of nitrogens with zero attached hydrogens (tertiary/aromatic N) is 6. The number of azide groups is 2. The zero-order chi connectivity index (χ0) is 77.1. The van der Waals surface area contributed by atoms with Gasteiger partial charge in [-0.2, -0.15) is 0 Å². The average Bonchev–Trinajstić information content (AvgIpc) is 0.818. The maximum Gasteiger partial charge on any atom is 0.338 e. The van der Waals surface area contributed by atoms with Gasteiger partial charge >= 0.3 is 11.9 Å². The van der Waals surface area contributed by atoms with Crippen molar-refractivity contribution in [2.45, 2.75) is 427 Å². The van der Waals surface area contributed by atoms with E-state index in [1.807, 2.05) is 0 Å². The molecular formula is C91H162N6O10. The third-order valence-corrected chi connectivity index (χ3v) is 21.0. The SMILES string of the molecule is CCCCCCCCCCCCOc1cc(C(=O)OCC(CN=[N+]=[N-])(CN=[N+]=[N-])COC(=O)c2cc(OCCCCCCCCCCCC)c(OCCCCCCCCCCCC)c(OCCCCCCCCCCCC)c2)cc(OCCCCCCCCCCCC)c1OCCCCCCCCCCCC. The lowest BCUT2D eigenvalue weighted by Crippen LogP contribution is -2.40. The van der Waals surface area contributed by atoms with Crippen LogP contribution in [0.25, 0.3) is 20.9 Å². The summed E-state index contributed by atoms with van der Waals surface area (Å²) >= 11 is 0. The first-order valence-electron chi connectivity index (χ1n) is 45.2. The lowest BCUT2D eigenvalue weighted by atomic mass is 9.90. The summed E-state index contributed by atoms with van der Waals surface area (Å²) in [6.45, 7) is 14.7. The summed E-state index contributed by atoms with van der Waals surface area (Å²) < 4.78 is 52.4. The van der Waals surface area contributed by atoms with Gasteiger partial charge < -0.3 is 37.9 Å². The molecule has 616 valence electrons. The molecule has 0 fully saturated rings. The first-order valence-corrected chi connectivity index (χ1v) is 45.2. The Hall–Kier alpha value is -5.20. The third kappa shape index (κ3) is 54.1. The van der Waals surface area contributed by atoms with Gasteiger partial charge in [0, 0.05) is 28.3 Å². The topological polar surface area (TPSA) is 205 Å². The molecule has 2 rings (SSSR count). The Kier molecular flexibility index (Phi) is 67.3. The molecule has 0 aromatic heterocycles. The van der Waals surface area contributed by atoms with Gasteiger partial charge in [-0.1, -0.05) is 398 Å². The van der Waals surface area contributed by atoms with Crippen LogP contribution in [0.4, 0.5) is 0 Å². The van der Waals surface area contributed by atoms with Gasteiger partial charge in [-0.15, -0.1) is 0 Å². The second kappa shape index (κ2) is 73.6. The van der Waals surface area contributed by atoms with Crippen LogP contribution in [-0.2, 0) is 9.47 Å². The van der Waals surface area contributed by atoms with E-state index in [9.17, 15) is 20.7 Å². The molecule has 0 N–H and O–H groups in total. The van der Waals surface area contributed by atoms with E-state index >= 15 is 0 Å². The Morgan fingerprint density at radius 1 is 0.271 bits per heavy atom. The van der Waals surface area contributed by atoms with Crippen molar-refractivity contribution < 1.29 is 47.5 Å². The summed E-state index contributed by atoms with van der Waals surface area (Å²) in [7, 11) is 0. The van der Waals surface area contributed by atoms with Crippen LogP contribution in [0.3, 0.4) is 0 Å². The van der Waals surface area contributed by atoms with E-state index in [1.54, 1.807) is 24.3 Å². The summed E-state index contributed by atoms with van der Waals surface area (Å²) in [5.41, 5.74) is 18.6. The number of hydrogen-bond donors (Lipinski definition) is 0. The van der Waals surface area contributed by atoms with Crippen molar-refractivity contribution in [2.75, 3.05) is 65.9 Å². The summed E-state index contributed by atoms with van der Waals surface area (Å²) in [4.78, 5) is 35.8. The van der Waals surface area contributed by atoms with Gasteiger partial charge in [0.2, 0.25) is 11.5 Å². The van der Waals surface area contributed by atoms with Crippen LogP contribution in [0.2, 0.25) is 0 Å². The highest BCUT2D eigenvalue weighted by atomic mass is 16.6. The highest BCUT2D eigenvalue weighted by molar-refractivity contribution is 5.92. The van der Waals surface area contributed by atoms with E-state index in [0.29, 0.717) is 74.1 Å². The molecule has 0 saturated heterocycles. The van der Waals surface area contributed by atoms with E-state index in [2.05, 4.69) is 61.6 Å². The molecule has 0 radical (unpaired) electrons. The van der Waals surface area contributed by atoms with Gasteiger partial charge in [0.1, 0.15) is 13.2 Å². The molecule has 0 unspecified atom stereocenters. The molecule has 107 heavy (non-hydrogen) atoms. The van der Waals surface area contributed by atoms with E-state index in [0.717, 1.165) is 116 Å². The van der Waals surface area contributed by atoms with Crippen molar-refractivity contribution in [3.63, 3.8) is 0 Å². The molecular weight excluding hydrogens is 1340 g/mol. The summed E-state index contributed by atoms with van der Waals surface area (Å²) in [5, 5.41) is 7.88. The van der Waals surface area contributed by atoms with E-state index in [1.165, 1.54) is 270 Å². The van der Waals surface area contributed by atoms with Crippen molar-refractivity contribution >= 4 is 11.9 Å². The van der Waals surface area contributed by atoms with Crippen LogP contribution >= 0.6 is 0 Å². The van der Waals surface area contributed by atoms with Gasteiger partial charge in [-0.25, -0.2) is 9.59 Å². The van der Waals surface area contributed by atoms with Crippen LogP contribution in [0.5, 0.6) is 34.5 Å². The third-order valence-electron chi connectivity index (χ3n) is 21.0. The van der Waals surface area contributed by atoms with Crippen LogP contribution in [-0.4, -0.2) is 77.9 Å². The fourth-order valence-electron chi connectivity index (χ4n) is 14.0. The molecule has 0 saturated carbocycles. The lowest BCUT2D eigenvalue weighted by Gasteiger charge is -2.29. The van der Waals surface area contributed by atoms with Crippen molar-refractivity contribution in [1.29, 1.82) is 0 Å². The monoisotopic (exact) mass is 1500 g/mol. The maximum absolute atomic E-state index is 14.8. The predicted octanol–water partition coefficient (Wildman–Crippen LogP) is 30.1. The molecule has 16 heteroatoms. The molecule has 0 spiro atoms. The zero-order valence-corrected chi connectivity index (χ0v) is 70.1. The van der Waals surface area contributed by atoms with Gasteiger partial charge in [0.05, 0.1) is 50.8 Å². The Labute approximate surface area is 655 Å². The number of benzene rings is 2. The first-order chi connectivity index (χ1) is 52.8. The Morgan fingerprint density at radius 2 is 0.439 bits per heavy atom. The first kappa shape index (κ1) is 97.9. The lowest BCUT2D eigenvalue weighted by molar-refractivity contribution is 0.000348. The number of rotatable bonds is 82. The molecule has 0 aliphatic rings. The number of ether oxygens (including phenoxy) is 8. The second-order valence-electron chi connectivity index (χ2n) is 31.2. The number of unbranched alkanes of at least 4 members (excludes halogenated alkanes) is 54. The predicted molar refractivity (Wildman–Crippen MR) is 448 cm³/mol. The minimum Gasteiger partial charge on any atom is -0.490 e. The normalized spacial score (nSPS) is 11.3. The molecule has 0 aliphatic carbocycles. The Bertz CT molecular complexity index is 2220. The van der Waals surface area contributed by atoms with Crippen LogP contribution in [0.15, 0.2) is 34.5 Å². The van der Waals surface area contributed by atoms with Crippen LogP contribution in [0.1, 0.15) is 448 Å². The summed E-state index contributed by atoms with van der Waals surface area (Å²) in [5.74, 6) is 1.21. The number of carbonyl (C=O) groups excluding carboxylic acids is 2. The van der Waals surface area contributed by atoms with E-state index in [4.69, 9.17) is 37.9 Å². The molecule has 16 nitrogen and oxygen atoms in total. The van der Waals surface area contributed by atoms with Gasteiger partial charge in [-0.05, 0) is 73.9 Å². The minimum absolute atomic E-state index is 0.178. The largest absolute Gasteiger partial charge is 0.490 e. The van der Waals surface area contributed by atoms with Crippen molar-refractivity contribution in [1.82, 2.24) is 0 Å². The Balaban J connectivity index is 2.59. The van der Waals surface area contributed by atoms with Gasteiger partial charge in [0.15, 0.2) is 23.0 Å². The molecule has 0 amide bonds. The van der Waals surface area contributed by atoms with Crippen LogP contribution < -0.4 is 28.4 Å². The second-order valence-corrected chi connectivity index (χ2v) is 31.2. The minimum atomic E-state index is -1.46. The molecule has 0 aliphatic heterocycles. The highest BCUT2D eigenvalue weighted by Gasteiger charge is 2.35. The fraction of sp³-hybridized carbons (Fsp3) is 0.846. The molecule has 0 atom stereocenters. The van der Waals surface area contributed by atoms with E-state index in [-0.39, 0.29) is 24.2 Å². The Morgan fingerprint density at radius 3 is 0.617 bits per heavy atom. The smallest absolute Gasteiger partial charge is 0.338 e. The highest BCUT2D eigenvalue weighted by Crippen LogP contribution is 2.42. The zero-order valence-electron chi connectivity index (χ0n) is 70.1.